The third kappa shape index (κ3) is 5.91. The predicted octanol–water partition coefficient (Wildman–Crippen LogP) is 2.95. The number of anilines is 3. The van der Waals surface area contributed by atoms with Gasteiger partial charge in [-0.1, -0.05) is 12.1 Å². The Kier molecular flexibility index (Phi) is 6.96. The first kappa shape index (κ1) is 20.1. The summed E-state index contributed by atoms with van der Waals surface area (Å²) in [6.07, 6.45) is 3.16. The largest absolute Gasteiger partial charge is 0.490 e. The van der Waals surface area contributed by atoms with Crippen molar-refractivity contribution in [3.8, 4) is 5.75 Å². The summed E-state index contributed by atoms with van der Waals surface area (Å²) in [6.45, 7) is 1.46. The molecule has 0 aliphatic carbocycles. The van der Waals surface area contributed by atoms with Gasteiger partial charge in [-0.2, -0.15) is 0 Å². The lowest BCUT2D eigenvalue weighted by atomic mass is 10.2. The molecule has 0 spiro atoms. The molecule has 3 rings (SSSR count). The van der Waals surface area contributed by atoms with E-state index in [2.05, 4.69) is 20.6 Å². The van der Waals surface area contributed by atoms with Crippen LogP contribution in [0.5, 0.6) is 5.75 Å². The number of hydrogen-bond acceptors (Lipinski definition) is 7. The van der Waals surface area contributed by atoms with Crippen molar-refractivity contribution in [2.75, 3.05) is 36.7 Å². The van der Waals surface area contributed by atoms with Crippen LogP contribution in [0.25, 0.3) is 0 Å². The second-order valence-corrected chi connectivity index (χ2v) is 6.16. The number of nitrogen functional groups attached to an aromatic ring is 1. The molecule has 29 heavy (non-hydrogen) atoms. The fraction of sp³-hybridized carbons (Fsp3) is 0.190. The number of pyridine rings is 2. The Labute approximate surface area is 169 Å². The number of carbonyl (C=O) groups excluding carboxylic acids is 1. The van der Waals surface area contributed by atoms with Gasteiger partial charge in [0.15, 0.2) is 0 Å². The highest BCUT2D eigenvalue weighted by molar-refractivity contribution is 6.02. The number of ether oxygens (including phenoxy) is 2. The molecule has 8 nitrogen and oxygen atoms in total. The molecule has 3 aromatic rings. The lowest BCUT2D eigenvalue weighted by molar-refractivity contribution is 0.102. The Morgan fingerprint density at radius 3 is 2.76 bits per heavy atom. The molecule has 0 fully saturated rings. The van der Waals surface area contributed by atoms with E-state index >= 15 is 0 Å². The fourth-order valence-electron chi connectivity index (χ4n) is 2.56. The average Bonchev–Trinajstić information content (AvgIpc) is 2.74. The van der Waals surface area contributed by atoms with E-state index in [9.17, 15) is 4.79 Å². The highest BCUT2D eigenvalue weighted by Gasteiger charge is 2.09. The molecule has 0 saturated heterocycles. The molecule has 1 aromatic carbocycles. The molecule has 0 saturated carbocycles. The smallest absolute Gasteiger partial charge is 0.274 e. The van der Waals surface area contributed by atoms with Crippen LogP contribution in [0.1, 0.15) is 16.1 Å². The Bertz CT molecular complexity index is 947. The van der Waals surface area contributed by atoms with E-state index in [0.717, 1.165) is 11.3 Å². The normalized spacial score (nSPS) is 10.4. The van der Waals surface area contributed by atoms with Gasteiger partial charge in [0.2, 0.25) is 0 Å². The number of nitrogens with two attached hydrogens (primary N) is 1. The van der Waals surface area contributed by atoms with Crippen molar-refractivity contribution in [3.05, 3.63) is 72.2 Å². The maximum atomic E-state index is 12.4. The molecule has 0 bridgehead atoms. The van der Waals surface area contributed by atoms with Crippen molar-refractivity contribution in [2.24, 2.45) is 0 Å². The number of nitrogens with one attached hydrogen (secondary N) is 2. The number of aromatic nitrogens is 2. The number of methoxy groups -OCH3 is 1. The molecule has 0 aliphatic rings. The lowest BCUT2D eigenvalue weighted by Crippen LogP contribution is -2.14. The Morgan fingerprint density at radius 2 is 2.00 bits per heavy atom. The average molecular weight is 393 g/mol. The number of hydrogen-bond donors (Lipinski definition) is 3. The Hall–Kier alpha value is -3.65. The van der Waals surface area contributed by atoms with Gasteiger partial charge in [0.05, 0.1) is 18.5 Å². The molecular weight excluding hydrogens is 370 g/mol. The number of amides is 1. The van der Waals surface area contributed by atoms with E-state index in [0.29, 0.717) is 42.7 Å². The van der Waals surface area contributed by atoms with Crippen molar-refractivity contribution in [1.29, 1.82) is 0 Å². The number of carbonyl (C=O) groups is 1. The molecule has 8 heteroatoms. The van der Waals surface area contributed by atoms with Crippen LogP contribution >= 0.6 is 0 Å². The van der Waals surface area contributed by atoms with Crippen LogP contribution in [-0.2, 0) is 11.3 Å². The number of benzene rings is 1. The molecule has 0 atom stereocenters. The highest BCUT2D eigenvalue weighted by Crippen LogP contribution is 2.17. The monoisotopic (exact) mass is 393 g/mol. The van der Waals surface area contributed by atoms with Gasteiger partial charge in [0.25, 0.3) is 5.91 Å². The minimum absolute atomic E-state index is 0.296. The number of rotatable bonds is 9. The second kappa shape index (κ2) is 10.0. The van der Waals surface area contributed by atoms with E-state index in [-0.39, 0.29) is 5.91 Å². The van der Waals surface area contributed by atoms with E-state index in [1.165, 1.54) is 6.20 Å². The summed E-state index contributed by atoms with van der Waals surface area (Å²) in [5.74, 6) is 0.731. The van der Waals surface area contributed by atoms with Crippen LogP contribution in [0, 0.1) is 0 Å². The second-order valence-electron chi connectivity index (χ2n) is 6.16. The van der Waals surface area contributed by atoms with Crippen molar-refractivity contribution < 1.29 is 14.3 Å². The molecule has 150 valence electrons. The molecule has 4 N–H and O–H groups in total. The van der Waals surface area contributed by atoms with Crippen molar-refractivity contribution >= 4 is 23.1 Å². The van der Waals surface area contributed by atoms with Crippen LogP contribution < -0.4 is 21.1 Å². The zero-order valence-corrected chi connectivity index (χ0v) is 16.1. The van der Waals surface area contributed by atoms with E-state index in [4.69, 9.17) is 15.2 Å². The fourth-order valence-corrected chi connectivity index (χ4v) is 2.56. The summed E-state index contributed by atoms with van der Waals surface area (Å²) in [5, 5.41) is 6.09. The van der Waals surface area contributed by atoms with Crippen LogP contribution in [0.15, 0.2) is 60.9 Å². The van der Waals surface area contributed by atoms with Crippen LogP contribution in [-0.4, -0.2) is 36.2 Å². The summed E-state index contributed by atoms with van der Waals surface area (Å²) >= 11 is 0. The first-order valence-corrected chi connectivity index (χ1v) is 9.08. The number of nitrogens with zero attached hydrogens (tertiary/aromatic N) is 2. The summed E-state index contributed by atoms with van der Waals surface area (Å²) in [4.78, 5) is 20.6. The van der Waals surface area contributed by atoms with Gasteiger partial charge < -0.3 is 25.8 Å². The molecule has 2 aromatic heterocycles. The first-order valence-electron chi connectivity index (χ1n) is 9.08. The van der Waals surface area contributed by atoms with Crippen molar-refractivity contribution in [3.63, 3.8) is 0 Å². The van der Waals surface area contributed by atoms with E-state index in [1.54, 1.807) is 25.4 Å². The van der Waals surface area contributed by atoms with Crippen LogP contribution in [0.3, 0.4) is 0 Å². The predicted molar refractivity (Wildman–Crippen MR) is 112 cm³/mol. The zero-order valence-electron chi connectivity index (χ0n) is 16.1. The third-order valence-electron chi connectivity index (χ3n) is 4.03. The van der Waals surface area contributed by atoms with Crippen molar-refractivity contribution in [2.45, 2.75) is 6.54 Å². The van der Waals surface area contributed by atoms with Gasteiger partial charge in [-0.3, -0.25) is 4.79 Å². The molecule has 0 unspecified atom stereocenters. The van der Waals surface area contributed by atoms with Crippen molar-refractivity contribution in [1.82, 2.24) is 9.97 Å². The van der Waals surface area contributed by atoms with Gasteiger partial charge in [-0.05, 0) is 42.0 Å². The quantitative estimate of drug-likeness (QED) is 0.479. The summed E-state index contributed by atoms with van der Waals surface area (Å²) in [6, 6.07) is 14.5. The molecule has 1 amide bonds. The zero-order chi connectivity index (χ0) is 20.5. The topological polar surface area (TPSA) is 111 Å². The summed E-state index contributed by atoms with van der Waals surface area (Å²) in [5.41, 5.74) is 8.56. The summed E-state index contributed by atoms with van der Waals surface area (Å²) in [7, 11) is 1.61. The van der Waals surface area contributed by atoms with E-state index < -0.39 is 0 Å². The van der Waals surface area contributed by atoms with Gasteiger partial charge >= 0.3 is 0 Å². The maximum absolute atomic E-state index is 12.4. The van der Waals surface area contributed by atoms with Gasteiger partial charge in [-0.25, -0.2) is 9.97 Å². The Balaban J connectivity index is 1.58. The first-order chi connectivity index (χ1) is 14.2. The standard InChI is InChI=1S/C21H23N5O3/c1-28-10-11-29-17-7-8-19(25-14-17)21(27)26-16-5-2-4-15(12-16)13-24-18-6-3-9-23-20(18)22/h2-9,12,14,24H,10-11,13H2,1H3,(H2,22,23)(H,26,27). The van der Waals surface area contributed by atoms with Gasteiger partial charge in [-0.15, -0.1) is 0 Å². The molecule has 0 aliphatic heterocycles. The van der Waals surface area contributed by atoms with Gasteiger partial charge in [0.1, 0.15) is 23.9 Å². The minimum Gasteiger partial charge on any atom is -0.490 e. The highest BCUT2D eigenvalue weighted by atomic mass is 16.5. The molecule has 0 radical (unpaired) electrons. The van der Waals surface area contributed by atoms with Crippen LogP contribution in [0.4, 0.5) is 17.2 Å². The third-order valence-corrected chi connectivity index (χ3v) is 4.03. The lowest BCUT2D eigenvalue weighted by Gasteiger charge is -2.10. The van der Waals surface area contributed by atoms with Gasteiger partial charge in [0, 0.05) is 25.5 Å². The Morgan fingerprint density at radius 1 is 1.10 bits per heavy atom. The van der Waals surface area contributed by atoms with E-state index in [1.807, 2.05) is 36.4 Å². The summed E-state index contributed by atoms with van der Waals surface area (Å²) < 4.78 is 10.4. The van der Waals surface area contributed by atoms with Crippen LogP contribution in [0.2, 0.25) is 0 Å². The minimum atomic E-state index is -0.296. The molecule has 2 heterocycles. The SMILES string of the molecule is COCCOc1ccc(C(=O)Nc2cccc(CNc3cccnc3N)c2)nc1. The molecular formula is C21H23N5O3. The maximum Gasteiger partial charge on any atom is 0.274 e.